The minimum absolute atomic E-state index is 0.305. The van der Waals surface area contributed by atoms with E-state index < -0.39 is 0 Å². The van der Waals surface area contributed by atoms with Crippen LogP contribution in [0.15, 0.2) is 67.3 Å². The molecule has 0 aromatic heterocycles. The van der Waals surface area contributed by atoms with Gasteiger partial charge in [0.05, 0.1) is 11.3 Å². The summed E-state index contributed by atoms with van der Waals surface area (Å²) in [6, 6.07) is 16.4. The monoisotopic (exact) mass is 275 g/mol. The zero-order valence-electron chi connectivity index (χ0n) is 11.3. The van der Waals surface area contributed by atoms with E-state index in [1.165, 1.54) is 11.0 Å². The number of benzene rings is 2. The number of hydrogen-bond donors (Lipinski definition) is 0. The van der Waals surface area contributed by atoms with Gasteiger partial charge in [-0.25, -0.2) is 4.90 Å². The summed E-state index contributed by atoms with van der Waals surface area (Å²) in [6.07, 6.45) is 3.02. The topological polar surface area (TPSA) is 37.4 Å². The van der Waals surface area contributed by atoms with Crippen LogP contribution in [0.4, 0.5) is 5.69 Å². The summed E-state index contributed by atoms with van der Waals surface area (Å²) < 4.78 is 0. The molecule has 0 fully saturated rings. The average molecular weight is 275 g/mol. The molecule has 3 heteroatoms. The van der Waals surface area contributed by atoms with Crippen molar-refractivity contribution >= 4 is 29.2 Å². The molecular weight excluding hydrogens is 262 g/mol. The number of imide groups is 1. The van der Waals surface area contributed by atoms with Crippen molar-refractivity contribution < 1.29 is 9.59 Å². The van der Waals surface area contributed by atoms with E-state index in [2.05, 4.69) is 6.58 Å². The van der Waals surface area contributed by atoms with Gasteiger partial charge in [0, 0.05) is 6.08 Å². The minimum Gasteiger partial charge on any atom is -0.269 e. The second-order valence-electron chi connectivity index (χ2n) is 4.67. The van der Waals surface area contributed by atoms with Crippen LogP contribution in [0.5, 0.6) is 0 Å². The molecule has 3 nitrogen and oxygen atoms in total. The van der Waals surface area contributed by atoms with Gasteiger partial charge in [-0.2, -0.15) is 0 Å². The van der Waals surface area contributed by atoms with E-state index in [1.807, 2.05) is 42.5 Å². The van der Waals surface area contributed by atoms with Crippen molar-refractivity contribution in [3.63, 3.8) is 0 Å². The summed E-state index contributed by atoms with van der Waals surface area (Å²) in [6.45, 7) is 3.72. The van der Waals surface area contributed by atoms with E-state index in [0.29, 0.717) is 11.3 Å². The first kappa shape index (κ1) is 13.1. The molecule has 0 aliphatic carbocycles. The van der Waals surface area contributed by atoms with E-state index in [0.717, 1.165) is 11.1 Å². The SMILES string of the molecule is C=Cc1ccccc1N1C(=O)C=C(c2ccccc2)C1=O. The number of rotatable bonds is 3. The quantitative estimate of drug-likeness (QED) is 0.806. The van der Waals surface area contributed by atoms with Crippen LogP contribution in [-0.4, -0.2) is 11.8 Å². The van der Waals surface area contributed by atoms with Gasteiger partial charge in [0.2, 0.25) is 0 Å². The standard InChI is InChI=1S/C18H13NO2/c1-2-13-8-6-7-11-16(13)19-17(20)12-15(18(19)21)14-9-4-3-5-10-14/h2-12H,1H2. The molecule has 0 atom stereocenters. The highest BCUT2D eigenvalue weighted by atomic mass is 16.2. The smallest absolute Gasteiger partial charge is 0.266 e. The van der Waals surface area contributed by atoms with Crippen molar-refractivity contribution in [2.75, 3.05) is 4.90 Å². The van der Waals surface area contributed by atoms with Crippen LogP contribution >= 0.6 is 0 Å². The molecule has 0 radical (unpaired) electrons. The molecule has 3 rings (SSSR count). The maximum Gasteiger partial charge on any atom is 0.266 e. The van der Waals surface area contributed by atoms with Gasteiger partial charge in [0.25, 0.3) is 11.8 Å². The number of carbonyl (C=O) groups excluding carboxylic acids is 2. The lowest BCUT2D eigenvalue weighted by Crippen LogP contribution is -2.31. The Morgan fingerprint density at radius 1 is 0.905 bits per heavy atom. The second kappa shape index (κ2) is 5.21. The number of carbonyl (C=O) groups is 2. The zero-order valence-corrected chi connectivity index (χ0v) is 11.3. The van der Waals surface area contributed by atoms with Crippen LogP contribution in [0.25, 0.3) is 11.6 Å². The Hall–Kier alpha value is -2.94. The van der Waals surface area contributed by atoms with Crippen LogP contribution in [-0.2, 0) is 9.59 Å². The summed E-state index contributed by atoms with van der Waals surface area (Å²) in [7, 11) is 0. The van der Waals surface area contributed by atoms with Gasteiger partial charge >= 0.3 is 0 Å². The predicted octanol–water partition coefficient (Wildman–Crippen LogP) is 3.29. The molecule has 1 heterocycles. The third-order valence-electron chi connectivity index (χ3n) is 3.40. The largest absolute Gasteiger partial charge is 0.269 e. The Balaban J connectivity index is 2.03. The normalized spacial score (nSPS) is 14.3. The molecule has 0 bridgehead atoms. The van der Waals surface area contributed by atoms with Crippen molar-refractivity contribution in [1.29, 1.82) is 0 Å². The van der Waals surface area contributed by atoms with Gasteiger partial charge in [0.15, 0.2) is 0 Å². The van der Waals surface area contributed by atoms with Gasteiger partial charge in [0.1, 0.15) is 0 Å². The molecule has 1 aliphatic rings. The fourth-order valence-corrected chi connectivity index (χ4v) is 2.39. The van der Waals surface area contributed by atoms with Gasteiger partial charge in [-0.1, -0.05) is 61.2 Å². The molecule has 0 N–H and O–H groups in total. The van der Waals surface area contributed by atoms with E-state index in [9.17, 15) is 9.59 Å². The van der Waals surface area contributed by atoms with Gasteiger partial charge in [-0.15, -0.1) is 0 Å². The van der Waals surface area contributed by atoms with Crippen molar-refractivity contribution in [2.24, 2.45) is 0 Å². The number of para-hydroxylation sites is 1. The van der Waals surface area contributed by atoms with E-state index in [-0.39, 0.29) is 11.8 Å². The van der Waals surface area contributed by atoms with Crippen LogP contribution in [0.2, 0.25) is 0 Å². The average Bonchev–Trinajstić information content (AvgIpc) is 2.83. The Bertz CT molecular complexity index is 760. The molecule has 0 saturated heterocycles. The van der Waals surface area contributed by atoms with Crippen LogP contribution in [0.3, 0.4) is 0 Å². The first-order valence-corrected chi connectivity index (χ1v) is 6.59. The molecule has 21 heavy (non-hydrogen) atoms. The molecule has 0 unspecified atom stereocenters. The highest BCUT2D eigenvalue weighted by molar-refractivity contribution is 6.43. The van der Waals surface area contributed by atoms with E-state index in [4.69, 9.17) is 0 Å². The highest BCUT2D eigenvalue weighted by Gasteiger charge is 2.33. The van der Waals surface area contributed by atoms with Gasteiger partial charge in [-0.3, -0.25) is 9.59 Å². The number of hydrogen-bond acceptors (Lipinski definition) is 2. The molecule has 0 saturated carbocycles. The maximum atomic E-state index is 12.6. The molecular formula is C18H13NO2. The Morgan fingerprint density at radius 2 is 1.57 bits per heavy atom. The molecule has 102 valence electrons. The Kier molecular flexibility index (Phi) is 3.24. The molecule has 2 aromatic rings. The third kappa shape index (κ3) is 2.19. The zero-order chi connectivity index (χ0) is 14.8. The summed E-state index contributed by atoms with van der Waals surface area (Å²) in [4.78, 5) is 26.0. The van der Waals surface area contributed by atoms with Crippen LogP contribution in [0, 0.1) is 0 Å². The van der Waals surface area contributed by atoms with Crippen LogP contribution in [0.1, 0.15) is 11.1 Å². The summed E-state index contributed by atoms with van der Waals surface area (Å²) in [5.74, 6) is -0.631. The van der Waals surface area contributed by atoms with Crippen molar-refractivity contribution in [3.05, 3.63) is 78.4 Å². The molecule has 1 aliphatic heterocycles. The molecule has 2 amide bonds. The maximum absolute atomic E-state index is 12.6. The fraction of sp³-hybridized carbons (Fsp3) is 0. The first-order chi connectivity index (χ1) is 10.2. The number of amides is 2. The molecule has 0 spiro atoms. The fourth-order valence-electron chi connectivity index (χ4n) is 2.39. The van der Waals surface area contributed by atoms with Crippen molar-refractivity contribution in [2.45, 2.75) is 0 Å². The number of anilines is 1. The predicted molar refractivity (Wildman–Crippen MR) is 83.4 cm³/mol. The lowest BCUT2D eigenvalue weighted by atomic mass is 10.1. The summed E-state index contributed by atoms with van der Waals surface area (Å²) >= 11 is 0. The summed E-state index contributed by atoms with van der Waals surface area (Å²) in [5.41, 5.74) is 2.47. The van der Waals surface area contributed by atoms with E-state index in [1.54, 1.807) is 18.2 Å². The van der Waals surface area contributed by atoms with E-state index >= 15 is 0 Å². The number of nitrogens with zero attached hydrogens (tertiary/aromatic N) is 1. The lowest BCUT2D eigenvalue weighted by Gasteiger charge is -2.17. The third-order valence-corrected chi connectivity index (χ3v) is 3.40. The lowest BCUT2D eigenvalue weighted by molar-refractivity contribution is -0.119. The minimum atomic E-state index is -0.326. The van der Waals surface area contributed by atoms with Crippen LogP contribution < -0.4 is 4.90 Å². The first-order valence-electron chi connectivity index (χ1n) is 6.59. The molecule has 2 aromatic carbocycles. The Labute approximate surface area is 122 Å². The van der Waals surface area contributed by atoms with Gasteiger partial charge in [-0.05, 0) is 17.2 Å². The highest BCUT2D eigenvalue weighted by Crippen LogP contribution is 2.30. The summed E-state index contributed by atoms with van der Waals surface area (Å²) in [5, 5.41) is 0. The van der Waals surface area contributed by atoms with Crippen molar-refractivity contribution in [3.8, 4) is 0 Å². The Morgan fingerprint density at radius 3 is 2.29 bits per heavy atom. The van der Waals surface area contributed by atoms with Crippen molar-refractivity contribution in [1.82, 2.24) is 0 Å². The second-order valence-corrected chi connectivity index (χ2v) is 4.67. The van der Waals surface area contributed by atoms with Gasteiger partial charge < -0.3 is 0 Å².